The first kappa shape index (κ1) is 17.9. The third kappa shape index (κ3) is 4.40. The number of amides is 1. The predicted octanol–water partition coefficient (Wildman–Crippen LogP) is 2.69. The van der Waals surface area contributed by atoms with E-state index in [-0.39, 0.29) is 5.91 Å². The first-order valence-corrected chi connectivity index (χ1v) is 8.59. The Hall–Kier alpha value is -2.86. The lowest BCUT2D eigenvalue weighted by molar-refractivity contribution is 0.0954. The van der Waals surface area contributed by atoms with Crippen LogP contribution in [0.3, 0.4) is 0 Å². The third-order valence-corrected chi connectivity index (χ3v) is 4.32. The van der Waals surface area contributed by atoms with E-state index in [2.05, 4.69) is 27.6 Å². The summed E-state index contributed by atoms with van der Waals surface area (Å²) in [5.41, 5.74) is 5.98. The van der Waals surface area contributed by atoms with Crippen molar-refractivity contribution in [2.45, 2.75) is 6.92 Å². The molecule has 0 radical (unpaired) electrons. The minimum Gasteiger partial charge on any atom is -0.497 e. The Kier molecular flexibility index (Phi) is 5.86. The molecule has 0 spiro atoms. The first-order chi connectivity index (χ1) is 12.7. The van der Waals surface area contributed by atoms with Crippen LogP contribution in [0.5, 0.6) is 5.75 Å². The first-order valence-electron chi connectivity index (χ1n) is 8.59. The minimum atomic E-state index is -0.270. The van der Waals surface area contributed by atoms with Crippen LogP contribution in [0.4, 0.5) is 5.69 Å². The fourth-order valence-electron chi connectivity index (χ4n) is 2.76. The van der Waals surface area contributed by atoms with Crippen molar-refractivity contribution < 1.29 is 14.3 Å². The molecule has 1 saturated heterocycles. The van der Waals surface area contributed by atoms with Gasteiger partial charge in [0.2, 0.25) is 0 Å². The highest BCUT2D eigenvalue weighted by Crippen LogP contribution is 2.17. The highest BCUT2D eigenvalue weighted by molar-refractivity contribution is 6.01. The number of carbonyl (C=O) groups excluding carboxylic acids is 1. The molecule has 136 valence electrons. The summed E-state index contributed by atoms with van der Waals surface area (Å²) in [6.07, 6.45) is 0. The SMILES string of the molecule is COc1cccc(C(=O)N/N=C(/C)c2ccc(N3CCOCC3)cc2)c1. The van der Waals surface area contributed by atoms with Crippen molar-refractivity contribution in [2.24, 2.45) is 5.10 Å². The van der Waals surface area contributed by atoms with Gasteiger partial charge in [-0.2, -0.15) is 5.10 Å². The molecule has 1 heterocycles. The van der Waals surface area contributed by atoms with Crippen LogP contribution in [0.15, 0.2) is 53.6 Å². The number of ether oxygens (including phenoxy) is 2. The van der Waals surface area contributed by atoms with Crippen LogP contribution in [0, 0.1) is 0 Å². The lowest BCUT2D eigenvalue weighted by Gasteiger charge is -2.28. The molecule has 1 amide bonds. The Morgan fingerprint density at radius 3 is 2.54 bits per heavy atom. The molecule has 0 saturated carbocycles. The van der Waals surface area contributed by atoms with Crippen molar-refractivity contribution in [1.82, 2.24) is 5.43 Å². The van der Waals surface area contributed by atoms with Gasteiger partial charge in [0.1, 0.15) is 5.75 Å². The Morgan fingerprint density at radius 2 is 1.85 bits per heavy atom. The fourth-order valence-corrected chi connectivity index (χ4v) is 2.76. The van der Waals surface area contributed by atoms with Crippen LogP contribution < -0.4 is 15.1 Å². The number of morpholine rings is 1. The molecule has 0 unspecified atom stereocenters. The monoisotopic (exact) mass is 353 g/mol. The summed E-state index contributed by atoms with van der Waals surface area (Å²) in [4.78, 5) is 14.5. The molecule has 1 aliphatic rings. The smallest absolute Gasteiger partial charge is 0.271 e. The number of nitrogens with one attached hydrogen (secondary N) is 1. The molecule has 1 fully saturated rings. The zero-order chi connectivity index (χ0) is 18.4. The van der Waals surface area contributed by atoms with E-state index in [0.29, 0.717) is 11.3 Å². The molecule has 3 rings (SSSR count). The van der Waals surface area contributed by atoms with Crippen LogP contribution in [0.25, 0.3) is 0 Å². The van der Waals surface area contributed by atoms with E-state index in [1.807, 2.05) is 19.1 Å². The van der Waals surface area contributed by atoms with E-state index in [0.717, 1.165) is 37.6 Å². The van der Waals surface area contributed by atoms with E-state index >= 15 is 0 Å². The predicted molar refractivity (Wildman–Crippen MR) is 102 cm³/mol. The molecule has 2 aromatic rings. The molecular weight excluding hydrogens is 330 g/mol. The molecule has 2 aromatic carbocycles. The number of rotatable bonds is 5. The number of anilines is 1. The molecule has 6 heteroatoms. The Labute approximate surface area is 153 Å². The molecule has 6 nitrogen and oxygen atoms in total. The normalized spacial score (nSPS) is 14.8. The lowest BCUT2D eigenvalue weighted by Crippen LogP contribution is -2.36. The van der Waals surface area contributed by atoms with Crippen LogP contribution in [-0.4, -0.2) is 45.0 Å². The second kappa shape index (κ2) is 8.49. The zero-order valence-electron chi connectivity index (χ0n) is 15.1. The van der Waals surface area contributed by atoms with Gasteiger partial charge in [-0.1, -0.05) is 18.2 Å². The van der Waals surface area contributed by atoms with Gasteiger partial charge in [0.25, 0.3) is 5.91 Å². The number of carbonyl (C=O) groups is 1. The Morgan fingerprint density at radius 1 is 1.12 bits per heavy atom. The van der Waals surface area contributed by atoms with Crippen LogP contribution in [0.2, 0.25) is 0 Å². The topological polar surface area (TPSA) is 63.2 Å². The van der Waals surface area contributed by atoms with Crippen LogP contribution >= 0.6 is 0 Å². The standard InChI is InChI=1S/C20H23N3O3/c1-15(21-22-20(24)17-4-3-5-19(14-17)25-2)16-6-8-18(9-7-16)23-10-12-26-13-11-23/h3-9,14H,10-13H2,1-2H3,(H,22,24)/b21-15-. The van der Waals surface area contributed by atoms with Gasteiger partial charge >= 0.3 is 0 Å². The van der Waals surface area contributed by atoms with E-state index in [4.69, 9.17) is 9.47 Å². The average Bonchev–Trinajstić information content (AvgIpc) is 2.72. The van der Waals surface area contributed by atoms with Gasteiger partial charge in [-0.25, -0.2) is 5.43 Å². The van der Waals surface area contributed by atoms with Crippen LogP contribution in [0.1, 0.15) is 22.8 Å². The summed E-state index contributed by atoms with van der Waals surface area (Å²) >= 11 is 0. The van der Waals surface area contributed by atoms with Gasteiger partial charge in [-0.05, 0) is 42.8 Å². The number of hydrogen-bond donors (Lipinski definition) is 1. The number of hydrazone groups is 1. The van der Waals surface area contributed by atoms with Crippen LogP contribution in [-0.2, 0) is 4.74 Å². The van der Waals surface area contributed by atoms with Crippen molar-refractivity contribution in [1.29, 1.82) is 0 Å². The summed E-state index contributed by atoms with van der Waals surface area (Å²) in [7, 11) is 1.57. The van der Waals surface area contributed by atoms with Gasteiger partial charge < -0.3 is 14.4 Å². The van der Waals surface area contributed by atoms with Crippen molar-refractivity contribution in [3.05, 3.63) is 59.7 Å². The molecular formula is C20H23N3O3. The zero-order valence-corrected chi connectivity index (χ0v) is 15.1. The van der Waals surface area contributed by atoms with Gasteiger partial charge in [-0.3, -0.25) is 4.79 Å². The largest absolute Gasteiger partial charge is 0.497 e. The maximum absolute atomic E-state index is 12.2. The van der Waals surface area contributed by atoms with Crippen molar-refractivity contribution >= 4 is 17.3 Å². The highest BCUT2D eigenvalue weighted by Gasteiger charge is 2.11. The second-order valence-corrected chi connectivity index (χ2v) is 6.02. The van der Waals surface area contributed by atoms with E-state index in [9.17, 15) is 4.79 Å². The van der Waals surface area contributed by atoms with Gasteiger partial charge in [0.05, 0.1) is 26.0 Å². The maximum atomic E-state index is 12.2. The summed E-state index contributed by atoms with van der Waals surface area (Å²) < 4.78 is 10.5. The molecule has 26 heavy (non-hydrogen) atoms. The van der Waals surface area contributed by atoms with E-state index < -0.39 is 0 Å². The number of nitrogens with zero attached hydrogens (tertiary/aromatic N) is 2. The van der Waals surface area contributed by atoms with Gasteiger partial charge in [0, 0.05) is 24.3 Å². The molecule has 0 atom stereocenters. The summed E-state index contributed by atoms with van der Waals surface area (Å²) in [6.45, 7) is 5.21. The maximum Gasteiger partial charge on any atom is 0.271 e. The summed E-state index contributed by atoms with van der Waals surface area (Å²) in [5.74, 6) is 0.366. The lowest BCUT2D eigenvalue weighted by atomic mass is 10.1. The fraction of sp³-hybridized carbons (Fsp3) is 0.300. The highest BCUT2D eigenvalue weighted by atomic mass is 16.5. The average molecular weight is 353 g/mol. The van der Waals surface area contributed by atoms with Crippen molar-refractivity contribution in [2.75, 3.05) is 38.3 Å². The number of benzene rings is 2. The Bertz CT molecular complexity index is 781. The number of methoxy groups -OCH3 is 1. The summed E-state index contributed by atoms with van der Waals surface area (Å²) in [5, 5.41) is 4.21. The van der Waals surface area contributed by atoms with Crippen molar-refractivity contribution in [3.63, 3.8) is 0 Å². The second-order valence-electron chi connectivity index (χ2n) is 6.02. The van der Waals surface area contributed by atoms with Gasteiger partial charge in [-0.15, -0.1) is 0 Å². The van der Waals surface area contributed by atoms with Gasteiger partial charge in [0.15, 0.2) is 0 Å². The molecule has 0 aromatic heterocycles. The Balaban J connectivity index is 1.64. The quantitative estimate of drug-likeness (QED) is 0.663. The summed E-state index contributed by atoms with van der Waals surface area (Å²) in [6, 6.07) is 15.1. The number of hydrogen-bond acceptors (Lipinski definition) is 5. The molecule has 0 bridgehead atoms. The third-order valence-electron chi connectivity index (χ3n) is 4.32. The minimum absolute atomic E-state index is 0.270. The molecule has 0 aliphatic carbocycles. The van der Waals surface area contributed by atoms with E-state index in [1.165, 1.54) is 5.69 Å². The molecule has 1 aliphatic heterocycles. The van der Waals surface area contributed by atoms with Crippen molar-refractivity contribution in [3.8, 4) is 5.75 Å². The molecule has 1 N–H and O–H groups in total. The van der Waals surface area contributed by atoms with E-state index in [1.54, 1.807) is 31.4 Å².